The summed E-state index contributed by atoms with van der Waals surface area (Å²) in [6, 6.07) is 0. The molecule has 3 heterocycles. The number of fused-ring (bicyclic) bond motifs is 1. The van der Waals surface area contributed by atoms with Gasteiger partial charge in [-0.3, -0.25) is 14.5 Å². The maximum absolute atomic E-state index is 12.5. The number of hydrogen-bond donors (Lipinski definition) is 5. The minimum Gasteiger partial charge on any atom is -0.388 e. The van der Waals surface area contributed by atoms with Crippen LogP contribution in [0, 0.1) is 5.41 Å². The van der Waals surface area contributed by atoms with Gasteiger partial charge in [-0.1, -0.05) is 6.92 Å². The molecule has 2 aromatic heterocycles. The van der Waals surface area contributed by atoms with Gasteiger partial charge in [0.2, 0.25) is 0 Å². The van der Waals surface area contributed by atoms with Crippen molar-refractivity contribution in [3.05, 3.63) is 18.1 Å². The van der Waals surface area contributed by atoms with Gasteiger partial charge in [-0.15, -0.1) is 0 Å². The Morgan fingerprint density at radius 3 is 2.48 bits per heavy atom. The molecular weight excluding hydrogens is 429 g/mol. The van der Waals surface area contributed by atoms with Crippen molar-refractivity contribution in [2.24, 2.45) is 7.05 Å². The third-order valence-electron chi connectivity index (χ3n) is 5.73. The molecule has 5 N–H and O–H groups in total. The summed E-state index contributed by atoms with van der Waals surface area (Å²) in [6.07, 6.45) is -1.51. The van der Waals surface area contributed by atoms with Crippen molar-refractivity contribution in [1.29, 1.82) is 5.41 Å². The number of aromatic nitrogens is 4. The Morgan fingerprint density at radius 2 is 1.90 bits per heavy atom. The van der Waals surface area contributed by atoms with Crippen molar-refractivity contribution in [3.63, 3.8) is 0 Å². The lowest BCUT2D eigenvalue weighted by atomic mass is 9.93. The Morgan fingerprint density at radius 1 is 1.26 bits per heavy atom. The summed E-state index contributed by atoms with van der Waals surface area (Å²) in [5.74, 6) is 0. The van der Waals surface area contributed by atoms with Gasteiger partial charge in [0.1, 0.15) is 17.7 Å². The van der Waals surface area contributed by atoms with Crippen molar-refractivity contribution < 1.29 is 34.0 Å². The molecule has 1 saturated heterocycles. The number of aliphatic hydroxyl groups is 3. The first kappa shape index (κ1) is 24.0. The largest absolute Gasteiger partial charge is 0.388 e. The number of imidazole rings is 1. The molecule has 31 heavy (non-hydrogen) atoms. The third-order valence-corrected chi connectivity index (χ3v) is 7.80. The first-order chi connectivity index (χ1) is 14.2. The molecule has 1 aliphatic rings. The molecule has 0 aromatic carbocycles. The molecule has 0 bridgehead atoms. The number of rotatable bonds is 7. The van der Waals surface area contributed by atoms with Gasteiger partial charge in [0.05, 0.1) is 24.4 Å². The van der Waals surface area contributed by atoms with Crippen LogP contribution < -0.4 is 5.49 Å². The highest BCUT2D eigenvalue weighted by Crippen LogP contribution is 2.57. The van der Waals surface area contributed by atoms with E-state index in [2.05, 4.69) is 9.97 Å². The van der Waals surface area contributed by atoms with E-state index in [-0.39, 0.29) is 18.3 Å². The van der Waals surface area contributed by atoms with E-state index in [1.54, 1.807) is 20.9 Å². The number of nitrogens with one attached hydrogen (secondary N) is 1. The van der Waals surface area contributed by atoms with E-state index < -0.39 is 43.1 Å². The van der Waals surface area contributed by atoms with Gasteiger partial charge < -0.3 is 34.0 Å². The highest BCUT2D eigenvalue weighted by atomic mass is 31.2. The molecule has 1 fully saturated rings. The van der Waals surface area contributed by atoms with Crippen LogP contribution in [0.25, 0.3) is 11.2 Å². The van der Waals surface area contributed by atoms with E-state index in [4.69, 9.17) is 14.7 Å². The van der Waals surface area contributed by atoms with Crippen LogP contribution in [0.2, 0.25) is 0 Å². The van der Waals surface area contributed by atoms with Gasteiger partial charge in [-0.05, 0) is 27.2 Å². The van der Waals surface area contributed by atoms with Gasteiger partial charge in [-0.25, -0.2) is 9.97 Å². The van der Waals surface area contributed by atoms with Gasteiger partial charge in [0, 0.05) is 13.5 Å². The monoisotopic (exact) mass is 459 g/mol. The van der Waals surface area contributed by atoms with Crippen molar-refractivity contribution in [3.8, 4) is 0 Å². The second-order valence-corrected chi connectivity index (χ2v) is 11.0. The number of hydrogen-bond acceptors (Lipinski definition) is 9. The third kappa shape index (κ3) is 4.34. The zero-order valence-corrected chi connectivity index (χ0v) is 19.0. The van der Waals surface area contributed by atoms with E-state index in [0.29, 0.717) is 11.2 Å². The molecule has 3 unspecified atom stereocenters. The first-order valence-corrected chi connectivity index (χ1v) is 11.5. The molecule has 0 spiro atoms. The Balaban J connectivity index is 1.86. The van der Waals surface area contributed by atoms with Crippen LogP contribution in [-0.4, -0.2) is 68.6 Å². The summed E-state index contributed by atoms with van der Waals surface area (Å²) in [4.78, 5) is 18.6. The maximum Gasteiger partial charge on any atom is 0.359 e. The van der Waals surface area contributed by atoms with Crippen molar-refractivity contribution in [2.45, 2.75) is 76.0 Å². The maximum atomic E-state index is 12.5. The van der Waals surface area contributed by atoms with E-state index in [1.165, 1.54) is 35.6 Å². The lowest BCUT2D eigenvalue weighted by molar-refractivity contribution is -0.0684. The van der Waals surface area contributed by atoms with Crippen LogP contribution in [-0.2, 0) is 20.9 Å². The van der Waals surface area contributed by atoms with E-state index >= 15 is 0 Å². The van der Waals surface area contributed by atoms with Crippen LogP contribution in [0.4, 0.5) is 0 Å². The SMILES string of the molecule is CCC(C)(CC1O[C@@H](n2cnc3c(=N)n(C)cnc32)[C@H](O)[C@@H]1O)OP(=O)(O)C(C)(C)O. The van der Waals surface area contributed by atoms with Crippen LogP contribution in [0.3, 0.4) is 0 Å². The van der Waals surface area contributed by atoms with Crippen LogP contribution >= 0.6 is 7.60 Å². The lowest BCUT2D eigenvalue weighted by Crippen LogP contribution is -2.39. The average molecular weight is 459 g/mol. The molecule has 13 heteroatoms. The van der Waals surface area contributed by atoms with Crippen molar-refractivity contribution in [1.82, 2.24) is 19.1 Å². The first-order valence-electron chi connectivity index (χ1n) is 9.91. The van der Waals surface area contributed by atoms with E-state index in [0.717, 1.165) is 0 Å². The van der Waals surface area contributed by atoms with E-state index in [1.807, 2.05) is 0 Å². The van der Waals surface area contributed by atoms with Gasteiger partial charge in [0.25, 0.3) is 0 Å². The topological polar surface area (TPSA) is 176 Å². The average Bonchev–Trinajstić information content (AvgIpc) is 3.20. The smallest absolute Gasteiger partial charge is 0.359 e. The van der Waals surface area contributed by atoms with E-state index in [9.17, 15) is 24.8 Å². The summed E-state index contributed by atoms with van der Waals surface area (Å²) < 4.78 is 26.8. The van der Waals surface area contributed by atoms with Crippen molar-refractivity contribution >= 4 is 18.8 Å². The minimum atomic E-state index is -4.40. The summed E-state index contributed by atoms with van der Waals surface area (Å²) in [5, 5.41) is 37.3. The molecule has 0 amide bonds. The number of ether oxygens (including phenoxy) is 1. The molecule has 12 nitrogen and oxygen atoms in total. The molecule has 0 aliphatic carbocycles. The quantitative estimate of drug-likeness (QED) is 0.366. The zero-order valence-electron chi connectivity index (χ0n) is 18.1. The Hall–Kier alpha value is -1.66. The highest BCUT2D eigenvalue weighted by molar-refractivity contribution is 7.54. The normalized spacial score (nSPS) is 28.5. The molecule has 1 aliphatic heterocycles. The fourth-order valence-corrected chi connectivity index (χ4v) is 4.44. The van der Waals surface area contributed by atoms with Crippen LogP contribution in [0.15, 0.2) is 12.7 Å². The van der Waals surface area contributed by atoms with Crippen LogP contribution in [0.5, 0.6) is 0 Å². The number of nitrogens with zero attached hydrogens (tertiary/aromatic N) is 4. The van der Waals surface area contributed by atoms with Gasteiger partial charge in [0.15, 0.2) is 22.7 Å². The molecule has 6 atom stereocenters. The highest BCUT2D eigenvalue weighted by Gasteiger charge is 2.50. The fraction of sp³-hybridized carbons (Fsp3) is 0.722. The predicted octanol–water partition coefficient (Wildman–Crippen LogP) is 0.358. The molecule has 0 radical (unpaired) electrons. The Bertz CT molecular complexity index is 1060. The minimum absolute atomic E-state index is 0.0163. The summed E-state index contributed by atoms with van der Waals surface area (Å²) in [5.41, 5.74) is -0.462. The standard InChI is InChI=1S/C18H30N5O7P/c1-6-18(4,30-31(27,28)17(2,3)26)7-10-12(24)13(25)16(29-10)23-9-20-11-14(19)22(5)8-21-15(11)23/h8-10,12-13,16,19,24-26H,6-7H2,1-5H3,(H,27,28)/t10?,12-,13-,16-,18?/m1/s1. The molecule has 0 saturated carbocycles. The summed E-state index contributed by atoms with van der Waals surface area (Å²) >= 11 is 0. The fourth-order valence-electron chi connectivity index (χ4n) is 3.41. The number of aliphatic hydroxyl groups excluding tert-OH is 2. The molecule has 174 valence electrons. The Labute approximate surface area is 179 Å². The molecule has 2 aromatic rings. The summed E-state index contributed by atoms with van der Waals surface area (Å²) in [6.45, 7) is 5.69. The molecule has 3 rings (SSSR count). The Kier molecular flexibility index (Phi) is 6.22. The predicted molar refractivity (Wildman–Crippen MR) is 109 cm³/mol. The lowest BCUT2D eigenvalue weighted by Gasteiger charge is -2.36. The second kappa shape index (κ2) is 8.04. The van der Waals surface area contributed by atoms with Gasteiger partial charge in [-0.2, -0.15) is 0 Å². The second-order valence-electron chi connectivity index (χ2n) is 8.69. The molecular formula is C18H30N5O7P. The van der Waals surface area contributed by atoms with Crippen molar-refractivity contribution in [2.75, 3.05) is 0 Å². The zero-order chi connectivity index (χ0) is 23.4. The van der Waals surface area contributed by atoms with Crippen LogP contribution in [0.1, 0.15) is 46.8 Å². The van der Waals surface area contributed by atoms with Gasteiger partial charge >= 0.3 is 7.60 Å². The summed E-state index contributed by atoms with van der Waals surface area (Å²) in [7, 11) is -2.74. The number of aryl methyl sites for hydroxylation is 1.